The maximum absolute atomic E-state index is 12.5. The number of ether oxygens (including phenoxy) is 1. The van der Waals surface area contributed by atoms with E-state index in [1.54, 1.807) is 0 Å². The first-order valence-electron chi connectivity index (χ1n) is 7.37. The fourth-order valence-corrected chi connectivity index (χ4v) is 3.42. The van der Waals surface area contributed by atoms with E-state index < -0.39 is 5.54 Å². The molecule has 20 heavy (non-hydrogen) atoms. The maximum Gasteiger partial charge on any atom is 0.330 e. The smallest absolute Gasteiger partial charge is 0.330 e. The van der Waals surface area contributed by atoms with Gasteiger partial charge in [0.2, 0.25) is 0 Å². The van der Waals surface area contributed by atoms with Crippen molar-refractivity contribution in [2.45, 2.75) is 32.7 Å². The van der Waals surface area contributed by atoms with Gasteiger partial charge in [0.1, 0.15) is 5.54 Å². The summed E-state index contributed by atoms with van der Waals surface area (Å²) in [6.45, 7) is 8.37. The van der Waals surface area contributed by atoms with Gasteiger partial charge in [0.25, 0.3) is 0 Å². The van der Waals surface area contributed by atoms with Gasteiger partial charge in [0.05, 0.1) is 7.11 Å². The molecule has 0 aromatic heterocycles. The average Bonchev–Trinajstić information content (AvgIpc) is 2.45. The summed E-state index contributed by atoms with van der Waals surface area (Å²) in [5, 5.41) is 0. The van der Waals surface area contributed by atoms with Crippen molar-refractivity contribution in [1.29, 1.82) is 0 Å². The van der Waals surface area contributed by atoms with Crippen molar-refractivity contribution in [2.75, 3.05) is 20.2 Å². The van der Waals surface area contributed by atoms with Gasteiger partial charge in [-0.2, -0.15) is 0 Å². The van der Waals surface area contributed by atoms with E-state index in [0.29, 0.717) is 11.8 Å². The van der Waals surface area contributed by atoms with E-state index in [0.717, 1.165) is 18.7 Å². The van der Waals surface area contributed by atoms with Crippen LogP contribution >= 0.6 is 0 Å². The number of piperidine rings is 1. The highest BCUT2D eigenvalue weighted by Gasteiger charge is 2.44. The summed E-state index contributed by atoms with van der Waals surface area (Å²) in [6.07, 6.45) is 1.22. The second kappa shape index (κ2) is 5.96. The van der Waals surface area contributed by atoms with Crippen molar-refractivity contribution in [3.05, 3.63) is 35.9 Å². The molecule has 2 rings (SSSR count). The van der Waals surface area contributed by atoms with Gasteiger partial charge in [-0.25, -0.2) is 4.79 Å². The first kappa shape index (κ1) is 15.0. The molecule has 0 radical (unpaired) electrons. The van der Waals surface area contributed by atoms with Gasteiger partial charge in [-0.3, -0.25) is 4.90 Å². The van der Waals surface area contributed by atoms with Gasteiger partial charge in [0, 0.05) is 13.1 Å². The number of hydrogen-bond donors (Lipinski definition) is 0. The fourth-order valence-electron chi connectivity index (χ4n) is 3.42. The Labute approximate surface area is 121 Å². The molecule has 1 saturated heterocycles. The number of nitrogens with zero attached hydrogens (tertiary/aromatic N) is 1. The highest BCUT2D eigenvalue weighted by Crippen LogP contribution is 2.35. The highest BCUT2D eigenvalue weighted by molar-refractivity contribution is 5.82. The van der Waals surface area contributed by atoms with Gasteiger partial charge in [0.15, 0.2) is 0 Å². The van der Waals surface area contributed by atoms with Crippen LogP contribution in [0.2, 0.25) is 0 Å². The van der Waals surface area contributed by atoms with Gasteiger partial charge >= 0.3 is 5.97 Å². The summed E-state index contributed by atoms with van der Waals surface area (Å²) in [5.74, 6) is 1.03. The van der Waals surface area contributed by atoms with E-state index in [9.17, 15) is 4.79 Å². The molecule has 0 N–H and O–H groups in total. The molecule has 3 atom stereocenters. The number of benzene rings is 1. The molecule has 1 aromatic rings. The standard InChI is InChI=1S/C17H25NO2/c1-13-10-14(2)12-18(11-13)17(3,16(19)20-4)15-8-6-5-7-9-15/h5-9,13-14H,10-12H2,1-4H3. The van der Waals surface area contributed by atoms with Gasteiger partial charge in [-0.15, -0.1) is 0 Å². The molecule has 3 unspecified atom stereocenters. The van der Waals surface area contributed by atoms with Gasteiger partial charge < -0.3 is 4.74 Å². The Kier molecular flexibility index (Phi) is 4.48. The Bertz CT molecular complexity index is 449. The lowest BCUT2D eigenvalue weighted by Crippen LogP contribution is -2.55. The molecule has 0 spiro atoms. The number of hydrogen-bond acceptors (Lipinski definition) is 3. The fraction of sp³-hybridized carbons (Fsp3) is 0.588. The van der Waals surface area contributed by atoms with Gasteiger partial charge in [-0.1, -0.05) is 44.2 Å². The lowest BCUT2D eigenvalue weighted by molar-refractivity contribution is -0.157. The summed E-state index contributed by atoms with van der Waals surface area (Å²) in [7, 11) is 1.47. The lowest BCUT2D eigenvalue weighted by atomic mass is 9.83. The largest absolute Gasteiger partial charge is 0.467 e. The monoisotopic (exact) mass is 275 g/mol. The molecule has 3 heteroatoms. The summed E-state index contributed by atoms with van der Waals surface area (Å²) < 4.78 is 5.11. The summed E-state index contributed by atoms with van der Waals surface area (Å²) >= 11 is 0. The van der Waals surface area contributed by atoms with Crippen molar-refractivity contribution in [1.82, 2.24) is 4.90 Å². The van der Waals surface area contributed by atoms with E-state index in [4.69, 9.17) is 4.74 Å². The molecule has 0 bridgehead atoms. The zero-order valence-electron chi connectivity index (χ0n) is 12.9. The third-order valence-electron chi connectivity index (χ3n) is 4.42. The predicted molar refractivity (Wildman–Crippen MR) is 80.3 cm³/mol. The number of likely N-dealkylation sites (tertiary alicyclic amines) is 1. The average molecular weight is 275 g/mol. The van der Waals surface area contributed by atoms with Crippen LogP contribution in [-0.2, 0) is 15.1 Å². The van der Waals surface area contributed by atoms with Crippen molar-refractivity contribution in [2.24, 2.45) is 11.8 Å². The minimum absolute atomic E-state index is 0.176. The SMILES string of the molecule is COC(=O)C(C)(c1ccccc1)N1CC(C)CC(C)C1. The molecular formula is C17H25NO2. The van der Waals surface area contributed by atoms with Crippen LogP contribution in [0, 0.1) is 11.8 Å². The van der Waals surface area contributed by atoms with Crippen molar-refractivity contribution >= 4 is 5.97 Å². The van der Waals surface area contributed by atoms with Crippen LogP contribution in [-0.4, -0.2) is 31.1 Å². The number of esters is 1. The molecule has 0 aliphatic carbocycles. The second-order valence-electron chi connectivity index (χ2n) is 6.28. The molecule has 1 aromatic carbocycles. The molecule has 1 heterocycles. The van der Waals surface area contributed by atoms with Crippen LogP contribution in [0.25, 0.3) is 0 Å². The summed E-state index contributed by atoms with van der Waals surface area (Å²) in [6, 6.07) is 9.96. The number of methoxy groups -OCH3 is 1. The quantitative estimate of drug-likeness (QED) is 0.794. The first-order chi connectivity index (χ1) is 9.48. The Hall–Kier alpha value is -1.35. The van der Waals surface area contributed by atoms with Crippen LogP contribution in [0.15, 0.2) is 30.3 Å². The maximum atomic E-state index is 12.5. The minimum atomic E-state index is -0.695. The summed E-state index contributed by atoms with van der Waals surface area (Å²) in [4.78, 5) is 14.8. The van der Waals surface area contributed by atoms with E-state index in [1.165, 1.54) is 13.5 Å². The molecule has 1 aliphatic heterocycles. The Morgan fingerprint density at radius 1 is 1.20 bits per heavy atom. The Morgan fingerprint density at radius 3 is 2.25 bits per heavy atom. The summed E-state index contributed by atoms with van der Waals surface area (Å²) in [5.41, 5.74) is 0.312. The van der Waals surface area contributed by atoms with E-state index >= 15 is 0 Å². The molecule has 110 valence electrons. The lowest BCUT2D eigenvalue weighted by Gasteiger charge is -2.45. The van der Waals surface area contributed by atoms with Crippen molar-refractivity contribution < 1.29 is 9.53 Å². The first-order valence-corrected chi connectivity index (χ1v) is 7.37. The normalized spacial score (nSPS) is 26.8. The number of rotatable bonds is 3. The van der Waals surface area contributed by atoms with Crippen LogP contribution in [0.4, 0.5) is 0 Å². The molecule has 0 saturated carbocycles. The van der Waals surface area contributed by atoms with Crippen LogP contribution in [0.1, 0.15) is 32.8 Å². The topological polar surface area (TPSA) is 29.5 Å². The third kappa shape index (κ3) is 2.73. The van der Waals surface area contributed by atoms with E-state index in [-0.39, 0.29) is 5.97 Å². The Morgan fingerprint density at radius 2 is 1.75 bits per heavy atom. The molecule has 1 aliphatic rings. The van der Waals surface area contributed by atoms with Crippen LogP contribution < -0.4 is 0 Å². The Balaban J connectivity index is 2.39. The van der Waals surface area contributed by atoms with Crippen LogP contribution in [0.3, 0.4) is 0 Å². The predicted octanol–water partition coefficient (Wildman–Crippen LogP) is 3.05. The molecule has 1 fully saturated rings. The zero-order chi connectivity index (χ0) is 14.8. The van der Waals surface area contributed by atoms with Gasteiger partial charge in [-0.05, 0) is 30.7 Å². The second-order valence-corrected chi connectivity index (χ2v) is 6.28. The van der Waals surface area contributed by atoms with E-state index in [1.807, 2.05) is 37.3 Å². The molecule has 0 amide bonds. The van der Waals surface area contributed by atoms with Crippen LogP contribution in [0.5, 0.6) is 0 Å². The molecular weight excluding hydrogens is 250 g/mol. The minimum Gasteiger partial charge on any atom is -0.467 e. The number of carbonyl (C=O) groups excluding carboxylic acids is 1. The third-order valence-corrected chi connectivity index (χ3v) is 4.42. The van der Waals surface area contributed by atoms with E-state index in [2.05, 4.69) is 18.7 Å². The van der Waals surface area contributed by atoms with Crippen molar-refractivity contribution in [3.8, 4) is 0 Å². The number of carbonyl (C=O) groups is 1. The zero-order valence-corrected chi connectivity index (χ0v) is 12.9. The van der Waals surface area contributed by atoms with Crippen molar-refractivity contribution in [3.63, 3.8) is 0 Å². The highest BCUT2D eigenvalue weighted by atomic mass is 16.5. The molecule has 3 nitrogen and oxygen atoms in total.